The molecular weight excluding hydrogens is 392 g/mol. The van der Waals surface area contributed by atoms with Crippen LogP contribution in [0.4, 0.5) is 17.3 Å². The second-order valence-corrected chi connectivity index (χ2v) is 8.25. The Hall–Kier alpha value is -3.65. The zero-order chi connectivity index (χ0) is 21.5. The molecule has 1 aliphatic carbocycles. The van der Waals surface area contributed by atoms with Gasteiger partial charge in [-0.3, -0.25) is 14.8 Å². The number of rotatable bonds is 4. The van der Waals surface area contributed by atoms with Crippen LogP contribution in [-0.4, -0.2) is 35.0 Å². The highest BCUT2D eigenvalue weighted by molar-refractivity contribution is 6.15. The molecule has 0 radical (unpaired) electrons. The Morgan fingerprint density at radius 2 is 2.16 bits per heavy atom. The first-order valence-electron chi connectivity index (χ1n) is 10.3. The van der Waals surface area contributed by atoms with Crippen molar-refractivity contribution in [1.29, 1.82) is 0 Å². The molecule has 0 bridgehead atoms. The van der Waals surface area contributed by atoms with Crippen LogP contribution in [0.1, 0.15) is 29.3 Å². The maximum atomic E-state index is 13.2. The summed E-state index contributed by atoms with van der Waals surface area (Å²) < 4.78 is 5.65. The Morgan fingerprint density at radius 1 is 1.32 bits per heavy atom. The molecule has 3 aromatic heterocycles. The van der Waals surface area contributed by atoms with Gasteiger partial charge < -0.3 is 26.1 Å². The number of piperidine rings is 1. The van der Waals surface area contributed by atoms with Crippen LogP contribution in [0.3, 0.4) is 0 Å². The number of nitrogens with two attached hydrogens (primary N) is 2. The predicted octanol–water partition coefficient (Wildman–Crippen LogP) is 3.18. The van der Waals surface area contributed by atoms with Gasteiger partial charge in [0, 0.05) is 37.1 Å². The summed E-state index contributed by atoms with van der Waals surface area (Å²) in [6.07, 6.45) is 12.0. The molecule has 158 valence electrons. The van der Waals surface area contributed by atoms with Gasteiger partial charge >= 0.3 is 0 Å². The van der Waals surface area contributed by atoms with Crippen molar-refractivity contribution in [2.24, 2.45) is 11.7 Å². The summed E-state index contributed by atoms with van der Waals surface area (Å²) in [5, 5.41) is 2.95. The normalized spacial score (nSPS) is 20.5. The Labute approximate surface area is 179 Å². The SMILES string of the molecule is C[C@@H]1C[C@H](N)CN(c2ccncc2NC(=O)c2c(N)oc3cc(C4=CC=C4)cnc23)C1. The third-order valence-corrected chi connectivity index (χ3v) is 5.75. The number of pyridine rings is 2. The van der Waals surface area contributed by atoms with Gasteiger partial charge in [-0.2, -0.15) is 0 Å². The zero-order valence-corrected chi connectivity index (χ0v) is 17.2. The molecule has 4 heterocycles. The second-order valence-electron chi connectivity index (χ2n) is 8.25. The number of furan rings is 1. The molecule has 0 unspecified atom stereocenters. The molecule has 5 N–H and O–H groups in total. The first-order chi connectivity index (χ1) is 15.0. The number of hydrogen-bond donors (Lipinski definition) is 3. The molecule has 1 fully saturated rings. The number of amides is 1. The topological polar surface area (TPSA) is 123 Å². The molecule has 2 aliphatic rings. The van der Waals surface area contributed by atoms with E-state index in [1.807, 2.05) is 30.4 Å². The van der Waals surface area contributed by atoms with Gasteiger partial charge in [0.25, 0.3) is 5.91 Å². The number of nitrogens with one attached hydrogen (secondary N) is 1. The van der Waals surface area contributed by atoms with Crippen LogP contribution in [0.25, 0.3) is 16.7 Å². The van der Waals surface area contributed by atoms with Crippen molar-refractivity contribution >= 4 is 39.8 Å². The van der Waals surface area contributed by atoms with Crippen LogP contribution in [-0.2, 0) is 0 Å². The molecule has 2 atom stereocenters. The first-order valence-corrected chi connectivity index (χ1v) is 10.3. The van der Waals surface area contributed by atoms with Gasteiger partial charge in [0.05, 0.1) is 17.6 Å². The molecule has 31 heavy (non-hydrogen) atoms. The lowest BCUT2D eigenvalue weighted by Crippen LogP contribution is -2.46. The van der Waals surface area contributed by atoms with Crippen LogP contribution in [0.2, 0.25) is 0 Å². The predicted molar refractivity (Wildman–Crippen MR) is 122 cm³/mol. The largest absolute Gasteiger partial charge is 0.438 e. The van der Waals surface area contributed by atoms with Crippen molar-refractivity contribution in [1.82, 2.24) is 9.97 Å². The molecule has 3 aromatic rings. The smallest absolute Gasteiger partial charge is 0.263 e. The zero-order valence-electron chi connectivity index (χ0n) is 17.2. The van der Waals surface area contributed by atoms with Crippen molar-refractivity contribution in [3.8, 4) is 0 Å². The van der Waals surface area contributed by atoms with E-state index in [-0.39, 0.29) is 23.4 Å². The van der Waals surface area contributed by atoms with E-state index in [0.29, 0.717) is 22.7 Å². The second kappa shape index (κ2) is 7.55. The highest BCUT2D eigenvalue weighted by Gasteiger charge is 2.26. The molecule has 8 nitrogen and oxygen atoms in total. The molecular formula is C23H24N6O2. The maximum Gasteiger partial charge on any atom is 0.263 e. The lowest BCUT2D eigenvalue weighted by Gasteiger charge is -2.37. The van der Waals surface area contributed by atoms with E-state index < -0.39 is 0 Å². The van der Waals surface area contributed by atoms with Crippen molar-refractivity contribution < 1.29 is 9.21 Å². The summed E-state index contributed by atoms with van der Waals surface area (Å²) in [7, 11) is 0. The number of nitrogen functional groups attached to an aromatic ring is 1. The van der Waals surface area contributed by atoms with E-state index in [0.717, 1.165) is 36.3 Å². The minimum atomic E-state index is -0.386. The summed E-state index contributed by atoms with van der Waals surface area (Å²) in [6.45, 7) is 3.77. The lowest BCUT2D eigenvalue weighted by molar-refractivity contribution is 0.102. The van der Waals surface area contributed by atoms with Gasteiger partial charge in [0.1, 0.15) is 11.1 Å². The fourth-order valence-electron chi connectivity index (χ4n) is 4.30. The van der Waals surface area contributed by atoms with Gasteiger partial charge in [0.2, 0.25) is 5.88 Å². The van der Waals surface area contributed by atoms with Crippen LogP contribution in [0.5, 0.6) is 0 Å². The fraction of sp³-hybridized carbons (Fsp3) is 0.261. The minimum Gasteiger partial charge on any atom is -0.438 e. The molecule has 1 aliphatic heterocycles. The van der Waals surface area contributed by atoms with E-state index in [4.69, 9.17) is 15.9 Å². The summed E-state index contributed by atoms with van der Waals surface area (Å²) in [5.74, 6) is 0.116. The van der Waals surface area contributed by atoms with Crippen molar-refractivity contribution in [3.63, 3.8) is 0 Å². The summed E-state index contributed by atoms with van der Waals surface area (Å²) >= 11 is 0. The molecule has 8 heteroatoms. The van der Waals surface area contributed by atoms with Crippen molar-refractivity contribution in [3.05, 3.63) is 60.1 Å². The average Bonchev–Trinajstić information content (AvgIpc) is 3.01. The third-order valence-electron chi connectivity index (χ3n) is 5.75. The Balaban J connectivity index is 1.44. The number of anilines is 3. The highest BCUT2D eigenvalue weighted by Crippen LogP contribution is 2.33. The number of allylic oxidation sites excluding steroid dienone is 4. The van der Waals surface area contributed by atoms with Crippen molar-refractivity contribution in [2.75, 3.05) is 29.0 Å². The van der Waals surface area contributed by atoms with Crippen molar-refractivity contribution in [2.45, 2.75) is 19.4 Å². The molecule has 0 saturated carbocycles. The number of carbonyl (C=O) groups excluding carboxylic acids is 1. The lowest BCUT2D eigenvalue weighted by atomic mass is 9.96. The van der Waals surface area contributed by atoms with Crippen LogP contribution in [0, 0.1) is 5.92 Å². The average molecular weight is 416 g/mol. The number of aromatic nitrogens is 2. The minimum absolute atomic E-state index is 0.0364. The van der Waals surface area contributed by atoms with E-state index in [2.05, 4.69) is 27.1 Å². The van der Waals surface area contributed by atoms with Gasteiger partial charge in [-0.15, -0.1) is 0 Å². The van der Waals surface area contributed by atoms with Gasteiger partial charge in [-0.1, -0.05) is 25.2 Å². The first kappa shape index (κ1) is 19.3. The molecule has 5 rings (SSSR count). The summed E-state index contributed by atoms with van der Waals surface area (Å²) in [6, 6.07) is 3.83. The van der Waals surface area contributed by atoms with Gasteiger partial charge in [-0.05, 0) is 30.0 Å². The van der Waals surface area contributed by atoms with Crippen LogP contribution in [0.15, 0.2) is 53.4 Å². The van der Waals surface area contributed by atoms with E-state index in [1.54, 1.807) is 18.6 Å². The summed E-state index contributed by atoms with van der Waals surface area (Å²) in [5.41, 5.74) is 16.9. The summed E-state index contributed by atoms with van der Waals surface area (Å²) in [4.78, 5) is 24.0. The number of carbonyl (C=O) groups is 1. The molecule has 0 aromatic carbocycles. The standard InChI is InChI=1S/C23H24N6O2/c1-13-7-16(24)12-29(11-13)18-5-6-26-10-17(18)28-23(30)20-21-19(31-22(20)25)8-15(9-27-21)14-3-2-4-14/h2-6,8-10,13,16H,7,11-12,24-25H2,1H3,(H,28,30)/t13-,16+/m1/s1. The van der Waals surface area contributed by atoms with Gasteiger partial charge in [0.15, 0.2) is 5.58 Å². The molecule has 1 amide bonds. The highest BCUT2D eigenvalue weighted by atomic mass is 16.3. The fourth-order valence-corrected chi connectivity index (χ4v) is 4.30. The van der Waals surface area contributed by atoms with E-state index in [9.17, 15) is 4.79 Å². The monoisotopic (exact) mass is 416 g/mol. The maximum absolute atomic E-state index is 13.2. The van der Waals surface area contributed by atoms with Crippen LogP contribution < -0.4 is 21.7 Å². The van der Waals surface area contributed by atoms with E-state index >= 15 is 0 Å². The molecule has 1 saturated heterocycles. The third kappa shape index (κ3) is 3.55. The number of nitrogens with zero attached hydrogens (tertiary/aromatic N) is 3. The number of hydrogen-bond acceptors (Lipinski definition) is 7. The Bertz CT molecular complexity index is 1220. The Kier molecular flexibility index (Phi) is 4.71. The Morgan fingerprint density at radius 3 is 2.90 bits per heavy atom. The van der Waals surface area contributed by atoms with Crippen LogP contribution >= 0.6 is 0 Å². The number of fused-ring (bicyclic) bond motifs is 1. The molecule has 0 spiro atoms. The van der Waals surface area contributed by atoms with Gasteiger partial charge in [-0.25, -0.2) is 0 Å². The van der Waals surface area contributed by atoms with E-state index in [1.165, 1.54) is 0 Å². The quantitative estimate of drug-likeness (QED) is 0.597.